The Morgan fingerprint density at radius 2 is 1.67 bits per heavy atom. The molecule has 0 aliphatic rings. The van der Waals surface area contributed by atoms with Gasteiger partial charge in [-0.3, -0.25) is 0 Å². The van der Waals surface area contributed by atoms with Crippen LogP contribution in [0.4, 0.5) is 0 Å². The number of aromatic hydroxyl groups is 2. The molecule has 2 N–H and O–H groups in total. The van der Waals surface area contributed by atoms with E-state index in [-0.39, 0.29) is 11.5 Å². The maximum absolute atomic E-state index is 8.98. The summed E-state index contributed by atoms with van der Waals surface area (Å²) in [6.45, 7) is 5.99. The third-order valence-corrected chi connectivity index (χ3v) is 1.45. The number of benzene rings is 1. The van der Waals surface area contributed by atoms with E-state index in [0.717, 1.165) is 12.0 Å². The predicted molar refractivity (Wildman–Crippen MR) is 50.5 cm³/mol. The normalized spacial score (nSPS) is 8.58. The molecule has 1 aromatic carbocycles. The van der Waals surface area contributed by atoms with E-state index in [0.29, 0.717) is 0 Å². The van der Waals surface area contributed by atoms with Crippen LogP contribution in [0.15, 0.2) is 18.2 Å². The van der Waals surface area contributed by atoms with Gasteiger partial charge >= 0.3 is 0 Å². The second-order valence-electron chi connectivity index (χ2n) is 2.18. The number of hydrogen-bond donors (Lipinski definition) is 2. The number of phenolic OH excluding ortho intramolecular Hbond substituents is 2. The summed E-state index contributed by atoms with van der Waals surface area (Å²) in [7, 11) is 0. The molecule has 2 nitrogen and oxygen atoms in total. The lowest BCUT2D eigenvalue weighted by molar-refractivity contribution is 0.403. The van der Waals surface area contributed by atoms with Crippen LogP contribution >= 0.6 is 0 Å². The molecule has 0 aliphatic heterocycles. The molecular formula is C10H16O2. The van der Waals surface area contributed by atoms with Crippen LogP contribution in [0.25, 0.3) is 0 Å². The summed E-state index contributed by atoms with van der Waals surface area (Å²) < 4.78 is 0. The van der Waals surface area contributed by atoms with Crippen LogP contribution in [0, 0.1) is 0 Å². The summed E-state index contributed by atoms with van der Waals surface area (Å²) in [6.07, 6.45) is 0.869. The van der Waals surface area contributed by atoms with Gasteiger partial charge in [0.1, 0.15) is 0 Å². The SMILES string of the molecule is CC.CCc1ccc(O)c(O)c1. The molecule has 0 saturated carbocycles. The largest absolute Gasteiger partial charge is 0.504 e. The lowest BCUT2D eigenvalue weighted by atomic mass is 10.1. The molecule has 0 unspecified atom stereocenters. The first-order chi connectivity index (χ1) is 5.74. The van der Waals surface area contributed by atoms with Crippen molar-refractivity contribution in [1.82, 2.24) is 0 Å². The number of phenols is 2. The van der Waals surface area contributed by atoms with E-state index in [9.17, 15) is 0 Å². The molecule has 0 aliphatic carbocycles. The van der Waals surface area contributed by atoms with Gasteiger partial charge in [-0.05, 0) is 24.1 Å². The molecule has 0 heterocycles. The Balaban J connectivity index is 0.000000561. The summed E-state index contributed by atoms with van der Waals surface area (Å²) in [5.41, 5.74) is 1.02. The van der Waals surface area contributed by atoms with Gasteiger partial charge in [-0.15, -0.1) is 0 Å². The smallest absolute Gasteiger partial charge is 0.157 e. The van der Waals surface area contributed by atoms with Crippen molar-refractivity contribution in [3.05, 3.63) is 23.8 Å². The quantitative estimate of drug-likeness (QED) is 0.633. The van der Waals surface area contributed by atoms with Crippen LogP contribution in [-0.2, 0) is 6.42 Å². The van der Waals surface area contributed by atoms with E-state index in [2.05, 4.69) is 0 Å². The van der Waals surface area contributed by atoms with Crippen molar-refractivity contribution in [3.63, 3.8) is 0 Å². The van der Waals surface area contributed by atoms with Gasteiger partial charge in [0.2, 0.25) is 0 Å². The zero-order valence-corrected chi connectivity index (χ0v) is 7.83. The number of aryl methyl sites for hydroxylation is 1. The fourth-order valence-corrected chi connectivity index (χ4v) is 0.789. The van der Waals surface area contributed by atoms with Crippen LogP contribution in [0.2, 0.25) is 0 Å². The van der Waals surface area contributed by atoms with E-state index in [1.165, 1.54) is 6.07 Å². The Kier molecular flexibility index (Phi) is 4.93. The first-order valence-corrected chi connectivity index (χ1v) is 4.25. The second-order valence-corrected chi connectivity index (χ2v) is 2.18. The minimum absolute atomic E-state index is 0.0423. The van der Waals surface area contributed by atoms with E-state index in [1.807, 2.05) is 20.8 Å². The van der Waals surface area contributed by atoms with E-state index in [4.69, 9.17) is 10.2 Å². The van der Waals surface area contributed by atoms with Crippen LogP contribution < -0.4 is 0 Å². The summed E-state index contributed by atoms with van der Waals surface area (Å²) in [5.74, 6) is -0.100. The third-order valence-electron chi connectivity index (χ3n) is 1.45. The van der Waals surface area contributed by atoms with Crippen LogP contribution in [-0.4, -0.2) is 10.2 Å². The van der Waals surface area contributed by atoms with E-state index < -0.39 is 0 Å². The summed E-state index contributed by atoms with van der Waals surface area (Å²) >= 11 is 0. The fraction of sp³-hybridized carbons (Fsp3) is 0.400. The molecule has 2 heteroatoms. The number of rotatable bonds is 1. The van der Waals surface area contributed by atoms with Crippen molar-refractivity contribution in [2.24, 2.45) is 0 Å². The molecule has 0 atom stereocenters. The molecule has 0 aromatic heterocycles. The van der Waals surface area contributed by atoms with Gasteiger partial charge < -0.3 is 10.2 Å². The highest BCUT2D eigenvalue weighted by Gasteiger charge is 1.97. The van der Waals surface area contributed by atoms with Crippen molar-refractivity contribution in [1.29, 1.82) is 0 Å². The second kappa shape index (κ2) is 5.47. The molecular weight excluding hydrogens is 152 g/mol. The predicted octanol–water partition coefficient (Wildman–Crippen LogP) is 2.69. The van der Waals surface area contributed by atoms with Crippen molar-refractivity contribution in [2.75, 3.05) is 0 Å². The maximum atomic E-state index is 8.98. The summed E-state index contributed by atoms with van der Waals surface area (Å²) in [6, 6.07) is 4.85. The molecule has 0 fully saturated rings. The highest BCUT2D eigenvalue weighted by Crippen LogP contribution is 2.24. The molecule has 0 amide bonds. The van der Waals surface area contributed by atoms with E-state index >= 15 is 0 Å². The molecule has 0 bridgehead atoms. The van der Waals surface area contributed by atoms with Crippen molar-refractivity contribution in [3.8, 4) is 11.5 Å². The van der Waals surface area contributed by atoms with Crippen molar-refractivity contribution < 1.29 is 10.2 Å². The van der Waals surface area contributed by atoms with Gasteiger partial charge in [0.15, 0.2) is 11.5 Å². The first-order valence-electron chi connectivity index (χ1n) is 4.25. The van der Waals surface area contributed by atoms with Gasteiger partial charge in [-0.2, -0.15) is 0 Å². The van der Waals surface area contributed by atoms with Gasteiger partial charge in [0, 0.05) is 0 Å². The monoisotopic (exact) mass is 168 g/mol. The van der Waals surface area contributed by atoms with Crippen molar-refractivity contribution in [2.45, 2.75) is 27.2 Å². The lowest BCUT2D eigenvalue weighted by Crippen LogP contribution is -1.77. The molecule has 1 rings (SSSR count). The van der Waals surface area contributed by atoms with Gasteiger partial charge in [0.05, 0.1) is 0 Å². The standard InChI is InChI=1S/C8H10O2.C2H6/c1-2-6-3-4-7(9)8(10)5-6;1-2/h3-5,9-10H,2H2,1H3;1-2H3. The maximum Gasteiger partial charge on any atom is 0.157 e. The van der Waals surface area contributed by atoms with Gasteiger partial charge in [-0.25, -0.2) is 0 Å². The molecule has 1 aromatic rings. The third kappa shape index (κ3) is 2.82. The van der Waals surface area contributed by atoms with E-state index in [1.54, 1.807) is 12.1 Å². The zero-order valence-electron chi connectivity index (χ0n) is 7.83. The molecule has 68 valence electrons. The zero-order chi connectivity index (χ0) is 9.56. The average molecular weight is 168 g/mol. The van der Waals surface area contributed by atoms with Gasteiger partial charge in [-0.1, -0.05) is 26.8 Å². The molecule has 0 spiro atoms. The van der Waals surface area contributed by atoms with Crippen LogP contribution in [0.3, 0.4) is 0 Å². The first kappa shape index (κ1) is 10.8. The summed E-state index contributed by atoms with van der Waals surface area (Å²) in [5, 5.41) is 17.9. The van der Waals surface area contributed by atoms with Crippen molar-refractivity contribution >= 4 is 0 Å². The highest BCUT2D eigenvalue weighted by atomic mass is 16.3. The average Bonchev–Trinajstić information content (AvgIpc) is 2.13. The lowest BCUT2D eigenvalue weighted by Gasteiger charge is -1.98. The minimum Gasteiger partial charge on any atom is -0.504 e. The number of hydrogen-bond acceptors (Lipinski definition) is 2. The fourth-order valence-electron chi connectivity index (χ4n) is 0.789. The minimum atomic E-state index is -0.0581. The molecule has 0 radical (unpaired) electrons. The van der Waals surface area contributed by atoms with Gasteiger partial charge in [0.25, 0.3) is 0 Å². The summed E-state index contributed by atoms with van der Waals surface area (Å²) in [4.78, 5) is 0. The Labute approximate surface area is 73.5 Å². The Morgan fingerprint density at radius 3 is 2.08 bits per heavy atom. The molecule has 12 heavy (non-hydrogen) atoms. The topological polar surface area (TPSA) is 40.5 Å². The molecule has 0 saturated heterocycles. The highest BCUT2D eigenvalue weighted by molar-refractivity contribution is 5.40. The Morgan fingerprint density at radius 1 is 1.08 bits per heavy atom. The van der Waals surface area contributed by atoms with Crippen LogP contribution in [0.5, 0.6) is 11.5 Å². The van der Waals surface area contributed by atoms with Crippen LogP contribution in [0.1, 0.15) is 26.3 Å². The Bertz CT molecular complexity index is 231. The Hall–Kier alpha value is -1.18.